The van der Waals surface area contributed by atoms with Gasteiger partial charge in [0.25, 0.3) is 5.69 Å². The molecule has 4 rings (SSSR count). The molecule has 3 aromatic carbocycles. The van der Waals surface area contributed by atoms with Gasteiger partial charge in [0.2, 0.25) is 0 Å². The van der Waals surface area contributed by atoms with E-state index in [1.165, 1.54) is 41.7 Å². The summed E-state index contributed by atoms with van der Waals surface area (Å²) in [5, 5.41) is 10.9. The molecule has 0 N–H and O–H groups in total. The van der Waals surface area contributed by atoms with Gasteiger partial charge in [-0.1, -0.05) is 60.7 Å². The number of non-ortho nitro benzene ring substituents is 1. The lowest BCUT2D eigenvalue weighted by Gasteiger charge is -2.53. The molecular formula is C26H27NO3S. The first-order valence-electron chi connectivity index (χ1n) is 10.6. The van der Waals surface area contributed by atoms with Crippen molar-refractivity contribution in [2.75, 3.05) is 0 Å². The maximum absolute atomic E-state index is 10.9. The van der Waals surface area contributed by atoms with Crippen LogP contribution in [0.15, 0.2) is 89.8 Å². The molecule has 1 aliphatic rings. The number of hydrogen-bond acceptors (Lipinski definition) is 4. The Kier molecular flexibility index (Phi) is 6.17. The quantitative estimate of drug-likeness (QED) is 0.214. The molecule has 160 valence electrons. The van der Waals surface area contributed by atoms with E-state index in [9.17, 15) is 10.1 Å². The van der Waals surface area contributed by atoms with E-state index in [0.29, 0.717) is 5.92 Å². The predicted octanol–water partition coefficient (Wildman–Crippen LogP) is 7.18. The second-order valence-corrected chi connectivity index (χ2v) is 9.63. The average Bonchev–Trinajstić information content (AvgIpc) is 2.78. The van der Waals surface area contributed by atoms with Crippen LogP contribution in [0.25, 0.3) is 0 Å². The van der Waals surface area contributed by atoms with E-state index in [1.807, 2.05) is 0 Å². The van der Waals surface area contributed by atoms with E-state index in [0.717, 1.165) is 17.7 Å². The first-order chi connectivity index (χ1) is 14.9. The summed E-state index contributed by atoms with van der Waals surface area (Å²) >= 11 is 1.29. The third-order valence-corrected chi connectivity index (χ3v) is 7.31. The van der Waals surface area contributed by atoms with Crippen molar-refractivity contribution in [1.82, 2.24) is 0 Å². The van der Waals surface area contributed by atoms with Crippen molar-refractivity contribution in [3.63, 3.8) is 0 Å². The Balaban J connectivity index is 1.51. The lowest BCUT2D eigenvalue weighted by atomic mass is 9.51. The minimum absolute atomic E-state index is 0.0151. The van der Waals surface area contributed by atoms with E-state index < -0.39 is 0 Å². The number of hydrogen-bond donors (Lipinski definition) is 0. The first-order valence-corrected chi connectivity index (χ1v) is 11.4. The maximum Gasteiger partial charge on any atom is 0.269 e. The molecule has 3 aromatic rings. The molecule has 0 bridgehead atoms. The molecule has 0 saturated heterocycles. The van der Waals surface area contributed by atoms with Crippen LogP contribution in [0.4, 0.5) is 5.69 Å². The minimum Gasteiger partial charge on any atom is -0.304 e. The van der Waals surface area contributed by atoms with Crippen LogP contribution in [-0.4, -0.2) is 10.5 Å². The van der Waals surface area contributed by atoms with Crippen molar-refractivity contribution in [3.8, 4) is 0 Å². The van der Waals surface area contributed by atoms with E-state index in [4.69, 9.17) is 4.18 Å². The monoisotopic (exact) mass is 433 g/mol. The summed E-state index contributed by atoms with van der Waals surface area (Å²) < 4.78 is 6.23. The molecule has 0 radical (unpaired) electrons. The van der Waals surface area contributed by atoms with Crippen molar-refractivity contribution in [3.05, 3.63) is 106 Å². The Labute approximate surface area is 188 Å². The van der Waals surface area contributed by atoms with Crippen LogP contribution in [0.2, 0.25) is 0 Å². The van der Waals surface area contributed by atoms with Crippen LogP contribution >= 0.6 is 12.0 Å². The molecule has 0 heterocycles. The van der Waals surface area contributed by atoms with E-state index in [2.05, 4.69) is 74.5 Å². The second kappa shape index (κ2) is 8.85. The minimum atomic E-state index is -0.386. The van der Waals surface area contributed by atoms with Crippen LogP contribution in [0, 0.1) is 16.0 Å². The van der Waals surface area contributed by atoms with Gasteiger partial charge in [-0.25, -0.2) is 0 Å². The molecule has 1 saturated carbocycles. The van der Waals surface area contributed by atoms with E-state index in [-0.39, 0.29) is 21.6 Å². The zero-order valence-electron chi connectivity index (χ0n) is 17.9. The summed E-state index contributed by atoms with van der Waals surface area (Å²) in [7, 11) is 0. The van der Waals surface area contributed by atoms with Gasteiger partial charge in [-0.2, -0.15) is 0 Å². The Bertz CT molecular complexity index is 980. The highest BCUT2D eigenvalue weighted by Crippen LogP contribution is 2.56. The molecular weight excluding hydrogens is 406 g/mol. The van der Waals surface area contributed by atoms with Gasteiger partial charge in [0.05, 0.1) is 10.5 Å². The summed E-state index contributed by atoms with van der Waals surface area (Å²) in [6.45, 7) is 4.26. The summed E-state index contributed by atoms with van der Waals surface area (Å²) in [4.78, 5) is 11.3. The van der Waals surface area contributed by atoms with Crippen molar-refractivity contribution < 1.29 is 9.11 Å². The third kappa shape index (κ3) is 4.53. The number of rotatable bonds is 8. The molecule has 1 aliphatic carbocycles. The van der Waals surface area contributed by atoms with Crippen LogP contribution in [0.1, 0.15) is 44.2 Å². The van der Waals surface area contributed by atoms with Crippen molar-refractivity contribution >= 4 is 17.7 Å². The fraction of sp³-hybridized carbons (Fsp3) is 0.308. The highest BCUT2D eigenvalue weighted by molar-refractivity contribution is 7.94. The van der Waals surface area contributed by atoms with Gasteiger partial charge in [-0.3, -0.25) is 10.1 Å². The fourth-order valence-corrected chi connectivity index (χ4v) is 5.36. The average molecular weight is 434 g/mol. The lowest BCUT2D eigenvalue weighted by Crippen LogP contribution is -2.48. The highest BCUT2D eigenvalue weighted by Gasteiger charge is 2.50. The molecule has 1 atom stereocenters. The topological polar surface area (TPSA) is 52.4 Å². The van der Waals surface area contributed by atoms with Gasteiger partial charge in [0.1, 0.15) is 0 Å². The third-order valence-electron chi connectivity index (χ3n) is 6.31. The predicted molar refractivity (Wildman–Crippen MR) is 125 cm³/mol. The lowest BCUT2D eigenvalue weighted by molar-refractivity contribution is -0.384. The number of nitro benzene ring substituents is 1. The zero-order chi connectivity index (χ0) is 21.9. The van der Waals surface area contributed by atoms with Gasteiger partial charge in [0.15, 0.2) is 0 Å². The first kappa shape index (κ1) is 21.6. The smallest absolute Gasteiger partial charge is 0.269 e. The van der Waals surface area contributed by atoms with Crippen LogP contribution in [0.3, 0.4) is 0 Å². The number of nitro groups is 1. The Morgan fingerprint density at radius 2 is 1.52 bits per heavy atom. The number of benzene rings is 3. The molecule has 0 spiro atoms. The molecule has 0 aromatic heterocycles. The summed E-state index contributed by atoms with van der Waals surface area (Å²) in [5.74, 6) is 0.477. The van der Waals surface area contributed by atoms with Crippen LogP contribution < -0.4 is 0 Å². The molecule has 5 heteroatoms. The summed E-state index contributed by atoms with van der Waals surface area (Å²) in [5.41, 5.74) is 2.51. The van der Waals surface area contributed by atoms with Crippen LogP contribution in [0.5, 0.6) is 0 Å². The van der Waals surface area contributed by atoms with Crippen molar-refractivity contribution in [2.24, 2.45) is 5.92 Å². The van der Waals surface area contributed by atoms with Crippen LogP contribution in [-0.2, 0) is 9.60 Å². The van der Waals surface area contributed by atoms with E-state index in [1.54, 1.807) is 12.1 Å². The zero-order valence-corrected chi connectivity index (χ0v) is 18.7. The van der Waals surface area contributed by atoms with Gasteiger partial charge in [-0.15, -0.1) is 0 Å². The van der Waals surface area contributed by atoms with Gasteiger partial charge in [0, 0.05) is 34.5 Å². The van der Waals surface area contributed by atoms with Gasteiger partial charge >= 0.3 is 0 Å². The largest absolute Gasteiger partial charge is 0.304 e. The second-order valence-electron chi connectivity index (χ2n) is 8.82. The SMILES string of the molecule is CC(C)(CC1CCC1(c1ccccc1)c1ccccc1)OSc1ccc([N+](=O)[O-])cc1. The molecule has 31 heavy (non-hydrogen) atoms. The summed E-state index contributed by atoms with van der Waals surface area (Å²) in [6.07, 6.45) is 3.23. The molecule has 1 unspecified atom stereocenters. The molecule has 4 nitrogen and oxygen atoms in total. The fourth-order valence-electron chi connectivity index (χ4n) is 4.72. The Morgan fingerprint density at radius 3 is 1.97 bits per heavy atom. The van der Waals surface area contributed by atoms with Crippen molar-refractivity contribution in [1.29, 1.82) is 0 Å². The molecule has 0 aliphatic heterocycles. The van der Waals surface area contributed by atoms with Gasteiger partial charge in [-0.05, 0) is 62.3 Å². The molecule has 1 fully saturated rings. The maximum atomic E-state index is 10.9. The van der Waals surface area contributed by atoms with Gasteiger partial charge < -0.3 is 4.18 Å². The normalized spacial score (nSPS) is 17.7. The highest BCUT2D eigenvalue weighted by atomic mass is 32.2. The Hall–Kier alpha value is -2.63. The standard InChI is InChI=1S/C26H27NO3S/c1-25(2,30-31-24-15-13-23(14-16-24)27(28)29)19-22-17-18-26(22,20-9-5-3-6-10-20)21-11-7-4-8-12-21/h3-16,22H,17-19H2,1-2H3. The van der Waals surface area contributed by atoms with Crippen molar-refractivity contribution in [2.45, 2.75) is 49.0 Å². The number of nitrogens with zero attached hydrogens (tertiary/aromatic N) is 1. The van der Waals surface area contributed by atoms with E-state index >= 15 is 0 Å². The Morgan fingerprint density at radius 1 is 0.968 bits per heavy atom. The molecule has 0 amide bonds. The summed E-state index contributed by atoms with van der Waals surface area (Å²) in [6, 6.07) is 28.1.